The molecule has 0 spiro atoms. The second-order valence-electron chi connectivity index (χ2n) is 6.13. The number of carbonyl (C=O) groups is 2. The van der Waals surface area contributed by atoms with Crippen molar-refractivity contribution in [2.24, 2.45) is 0 Å². The summed E-state index contributed by atoms with van der Waals surface area (Å²) in [4.78, 5) is 26.8. The maximum Gasteiger partial charge on any atom is 0.274 e. The second-order valence-corrected chi connectivity index (χ2v) is 6.13. The fourth-order valence-electron chi connectivity index (χ4n) is 2.29. The first-order valence-corrected chi connectivity index (χ1v) is 8.16. The van der Waals surface area contributed by atoms with Crippen molar-refractivity contribution in [1.29, 1.82) is 0 Å². The Kier molecular flexibility index (Phi) is 6.71. The molecule has 0 saturated heterocycles. The molecule has 1 atom stereocenters. The summed E-state index contributed by atoms with van der Waals surface area (Å²) in [7, 11) is 3.87. The molecule has 1 heterocycles. The summed E-state index contributed by atoms with van der Waals surface area (Å²) in [6.07, 6.45) is 0.400. The minimum absolute atomic E-state index is 0.164. The van der Waals surface area contributed by atoms with Crippen molar-refractivity contribution < 1.29 is 14.1 Å². The van der Waals surface area contributed by atoms with Crippen LogP contribution in [0.3, 0.4) is 0 Å². The van der Waals surface area contributed by atoms with E-state index in [-0.39, 0.29) is 11.6 Å². The molecule has 1 aromatic heterocycles. The largest absolute Gasteiger partial charge is 0.361 e. The van der Waals surface area contributed by atoms with E-state index in [1.54, 1.807) is 13.0 Å². The molecule has 0 aliphatic heterocycles. The molecule has 0 saturated carbocycles. The Morgan fingerprint density at radius 1 is 1.24 bits per heavy atom. The molecular weight excluding hydrogens is 320 g/mol. The lowest BCUT2D eigenvalue weighted by Crippen LogP contribution is -2.49. The van der Waals surface area contributed by atoms with Crippen molar-refractivity contribution in [2.75, 3.05) is 27.2 Å². The summed E-state index contributed by atoms with van der Waals surface area (Å²) in [5.74, 6) is -0.111. The third-order valence-electron chi connectivity index (χ3n) is 3.62. The van der Waals surface area contributed by atoms with Gasteiger partial charge in [-0.25, -0.2) is 0 Å². The van der Waals surface area contributed by atoms with Crippen molar-refractivity contribution >= 4 is 11.8 Å². The Morgan fingerprint density at radius 3 is 2.56 bits per heavy atom. The third-order valence-corrected chi connectivity index (χ3v) is 3.62. The smallest absolute Gasteiger partial charge is 0.274 e. The summed E-state index contributed by atoms with van der Waals surface area (Å²) in [6.45, 7) is 2.94. The Balaban J connectivity index is 2.05. The molecule has 2 N–H and O–H groups in total. The number of hydrogen-bond acceptors (Lipinski definition) is 5. The Labute approximate surface area is 147 Å². The van der Waals surface area contributed by atoms with Crippen LogP contribution in [0.4, 0.5) is 0 Å². The summed E-state index contributed by atoms with van der Waals surface area (Å²) < 4.78 is 4.92. The Bertz CT molecular complexity index is 697. The second kappa shape index (κ2) is 8.98. The maximum atomic E-state index is 12.5. The van der Waals surface area contributed by atoms with Crippen LogP contribution < -0.4 is 10.6 Å². The van der Waals surface area contributed by atoms with Crippen LogP contribution in [-0.2, 0) is 11.2 Å². The number of carbonyl (C=O) groups excluding carboxylic acids is 2. The van der Waals surface area contributed by atoms with Gasteiger partial charge in [0.25, 0.3) is 5.91 Å². The van der Waals surface area contributed by atoms with E-state index in [1.165, 1.54) is 0 Å². The number of nitrogens with zero attached hydrogens (tertiary/aromatic N) is 2. The van der Waals surface area contributed by atoms with Gasteiger partial charge < -0.3 is 20.1 Å². The first-order valence-electron chi connectivity index (χ1n) is 8.16. The molecule has 0 aliphatic carbocycles. The Hall–Kier alpha value is -2.67. The number of amides is 2. The highest BCUT2D eigenvalue weighted by Gasteiger charge is 2.23. The fourth-order valence-corrected chi connectivity index (χ4v) is 2.29. The zero-order valence-electron chi connectivity index (χ0n) is 14.8. The van der Waals surface area contributed by atoms with Crippen LogP contribution in [0.25, 0.3) is 0 Å². The van der Waals surface area contributed by atoms with Gasteiger partial charge in [0.2, 0.25) is 5.91 Å². The molecule has 134 valence electrons. The minimum atomic E-state index is -0.686. The van der Waals surface area contributed by atoms with E-state index in [4.69, 9.17) is 4.52 Å². The average molecular weight is 344 g/mol. The van der Waals surface area contributed by atoms with E-state index in [0.717, 1.165) is 12.1 Å². The van der Waals surface area contributed by atoms with Gasteiger partial charge in [0.05, 0.1) is 0 Å². The van der Waals surface area contributed by atoms with E-state index < -0.39 is 11.9 Å². The molecule has 7 heteroatoms. The van der Waals surface area contributed by atoms with Crippen LogP contribution >= 0.6 is 0 Å². The minimum Gasteiger partial charge on any atom is -0.361 e. The zero-order chi connectivity index (χ0) is 18.2. The lowest BCUT2D eigenvalue weighted by atomic mass is 10.0. The number of rotatable bonds is 8. The molecule has 0 aliphatic rings. The highest BCUT2D eigenvalue weighted by atomic mass is 16.5. The quantitative estimate of drug-likeness (QED) is 0.746. The van der Waals surface area contributed by atoms with Gasteiger partial charge >= 0.3 is 0 Å². The van der Waals surface area contributed by atoms with E-state index in [1.807, 2.05) is 49.3 Å². The lowest BCUT2D eigenvalue weighted by Gasteiger charge is -2.19. The highest BCUT2D eigenvalue weighted by molar-refractivity contribution is 5.96. The van der Waals surface area contributed by atoms with Crippen molar-refractivity contribution in [3.8, 4) is 0 Å². The van der Waals surface area contributed by atoms with Gasteiger partial charge in [-0.15, -0.1) is 0 Å². The van der Waals surface area contributed by atoms with Gasteiger partial charge in [-0.2, -0.15) is 0 Å². The molecule has 25 heavy (non-hydrogen) atoms. The van der Waals surface area contributed by atoms with Crippen LogP contribution in [-0.4, -0.2) is 55.1 Å². The predicted molar refractivity (Wildman–Crippen MR) is 94.2 cm³/mol. The number of benzene rings is 1. The molecule has 0 fully saturated rings. The van der Waals surface area contributed by atoms with E-state index >= 15 is 0 Å². The third kappa shape index (κ3) is 6.04. The summed E-state index contributed by atoms with van der Waals surface area (Å²) in [6, 6.07) is 10.4. The molecule has 7 nitrogen and oxygen atoms in total. The number of nitrogens with one attached hydrogen (secondary N) is 2. The van der Waals surface area contributed by atoms with Crippen molar-refractivity contribution in [1.82, 2.24) is 20.7 Å². The summed E-state index contributed by atoms with van der Waals surface area (Å²) >= 11 is 0. The standard InChI is InChI=1S/C18H24N4O3/c1-13-11-16(21-25-13)18(24)20-15(12-14-7-5-4-6-8-14)17(23)19-9-10-22(2)3/h4-8,11,15H,9-10,12H2,1-3H3,(H,19,23)(H,20,24)/t15-/m1/s1. The number of aryl methyl sites for hydroxylation is 1. The van der Waals surface area contributed by atoms with Crippen molar-refractivity contribution in [3.63, 3.8) is 0 Å². The number of hydrogen-bond donors (Lipinski definition) is 2. The molecule has 0 bridgehead atoms. The van der Waals surface area contributed by atoms with Crippen LogP contribution in [0.15, 0.2) is 40.9 Å². The first-order chi connectivity index (χ1) is 12.0. The molecule has 0 radical (unpaired) electrons. The lowest BCUT2D eigenvalue weighted by molar-refractivity contribution is -0.123. The fraction of sp³-hybridized carbons (Fsp3) is 0.389. The SMILES string of the molecule is Cc1cc(C(=O)N[C@H](Cc2ccccc2)C(=O)NCCN(C)C)no1. The molecular formula is C18H24N4O3. The highest BCUT2D eigenvalue weighted by Crippen LogP contribution is 2.06. The Morgan fingerprint density at radius 2 is 1.96 bits per heavy atom. The summed E-state index contributed by atoms with van der Waals surface area (Å²) in [5.41, 5.74) is 1.13. The van der Waals surface area contributed by atoms with E-state index in [2.05, 4.69) is 15.8 Å². The van der Waals surface area contributed by atoms with Gasteiger partial charge in [0, 0.05) is 25.6 Å². The monoisotopic (exact) mass is 344 g/mol. The maximum absolute atomic E-state index is 12.5. The van der Waals surface area contributed by atoms with E-state index in [9.17, 15) is 9.59 Å². The number of aromatic nitrogens is 1. The van der Waals surface area contributed by atoms with Gasteiger partial charge in [-0.05, 0) is 26.6 Å². The van der Waals surface area contributed by atoms with Crippen molar-refractivity contribution in [2.45, 2.75) is 19.4 Å². The van der Waals surface area contributed by atoms with Crippen LogP contribution in [0.5, 0.6) is 0 Å². The van der Waals surface area contributed by atoms with Crippen LogP contribution in [0, 0.1) is 6.92 Å². The normalized spacial score (nSPS) is 12.0. The van der Waals surface area contributed by atoms with Gasteiger partial charge in [-0.3, -0.25) is 9.59 Å². The number of likely N-dealkylation sites (N-methyl/N-ethyl adjacent to an activating group) is 1. The molecule has 0 unspecified atom stereocenters. The van der Waals surface area contributed by atoms with Gasteiger partial charge in [0.15, 0.2) is 5.69 Å². The van der Waals surface area contributed by atoms with Gasteiger partial charge in [0.1, 0.15) is 11.8 Å². The van der Waals surface area contributed by atoms with Crippen LogP contribution in [0.2, 0.25) is 0 Å². The van der Waals surface area contributed by atoms with Gasteiger partial charge in [-0.1, -0.05) is 35.5 Å². The summed E-state index contributed by atoms with van der Waals surface area (Å²) in [5, 5.41) is 9.30. The molecule has 2 aromatic rings. The predicted octanol–water partition coefficient (Wildman–Crippen LogP) is 1.00. The average Bonchev–Trinajstić information content (AvgIpc) is 3.01. The van der Waals surface area contributed by atoms with Crippen molar-refractivity contribution in [3.05, 3.63) is 53.4 Å². The van der Waals surface area contributed by atoms with Crippen LogP contribution in [0.1, 0.15) is 21.8 Å². The molecule has 1 aromatic carbocycles. The first kappa shape index (κ1) is 18.7. The zero-order valence-corrected chi connectivity index (χ0v) is 14.8. The van der Waals surface area contributed by atoms with E-state index in [0.29, 0.717) is 18.7 Å². The topological polar surface area (TPSA) is 87.5 Å². The molecule has 2 amide bonds. The molecule has 2 rings (SSSR count).